The molecule has 1 aromatic heterocycles. The first-order chi connectivity index (χ1) is 16.6. The molecule has 34 heavy (non-hydrogen) atoms. The Morgan fingerprint density at radius 3 is 2.68 bits per heavy atom. The van der Waals surface area contributed by atoms with Gasteiger partial charge in [-0.2, -0.15) is 0 Å². The lowest BCUT2D eigenvalue weighted by molar-refractivity contribution is -0.138. The molecule has 1 saturated heterocycles. The lowest BCUT2D eigenvalue weighted by Gasteiger charge is -2.33. The number of carbonyl (C=O) groups is 1. The van der Waals surface area contributed by atoms with Gasteiger partial charge in [0.15, 0.2) is 5.76 Å². The molecule has 2 aliphatic heterocycles. The standard InChI is InChI=1S/C26H29N5O3/c32-25(33)18-31-13-11-30(12-14-31)17-22-15-24(29-34-22)21-7-5-19(6-8-21)16-28-26-23-4-2-1-3-20(23)9-10-27-26/h1-8,15-16,26-27H,9-14,17-18H2,(H,32,33). The van der Waals surface area contributed by atoms with Gasteiger partial charge in [-0.25, -0.2) is 0 Å². The van der Waals surface area contributed by atoms with Crippen LogP contribution in [-0.2, 0) is 17.8 Å². The van der Waals surface area contributed by atoms with Crippen molar-refractivity contribution in [3.63, 3.8) is 0 Å². The van der Waals surface area contributed by atoms with Crippen molar-refractivity contribution in [2.75, 3.05) is 39.3 Å². The topological polar surface area (TPSA) is 94.2 Å². The fourth-order valence-corrected chi connectivity index (χ4v) is 4.56. The van der Waals surface area contributed by atoms with Crippen LogP contribution in [0.5, 0.6) is 0 Å². The van der Waals surface area contributed by atoms with Crippen LogP contribution in [0.4, 0.5) is 0 Å². The van der Waals surface area contributed by atoms with E-state index in [1.807, 2.05) is 41.4 Å². The van der Waals surface area contributed by atoms with Crippen LogP contribution < -0.4 is 5.32 Å². The molecule has 1 fully saturated rings. The second kappa shape index (κ2) is 10.3. The fraction of sp³-hybridized carbons (Fsp3) is 0.346. The van der Waals surface area contributed by atoms with Gasteiger partial charge in [0.25, 0.3) is 0 Å². The molecule has 0 aliphatic carbocycles. The molecular weight excluding hydrogens is 430 g/mol. The molecule has 176 valence electrons. The molecule has 2 N–H and O–H groups in total. The molecule has 1 atom stereocenters. The maximum Gasteiger partial charge on any atom is 0.317 e. The minimum absolute atomic E-state index is 0.00582. The van der Waals surface area contributed by atoms with Gasteiger partial charge in [0.05, 0.1) is 13.1 Å². The number of carboxylic acid groups (broad SMARTS) is 1. The highest BCUT2D eigenvalue weighted by Gasteiger charge is 2.20. The van der Waals surface area contributed by atoms with Crippen molar-refractivity contribution in [1.82, 2.24) is 20.3 Å². The second-order valence-electron chi connectivity index (χ2n) is 8.83. The van der Waals surface area contributed by atoms with E-state index in [1.165, 1.54) is 11.1 Å². The van der Waals surface area contributed by atoms with Crippen molar-refractivity contribution in [2.45, 2.75) is 19.1 Å². The second-order valence-corrected chi connectivity index (χ2v) is 8.83. The number of aliphatic imine (C=N–C) groups is 1. The lowest BCUT2D eigenvalue weighted by atomic mass is 9.99. The summed E-state index contributed by atoms with van der Waals surface area (Å²) < 4.78 is 5.57. The predicted molar refractivity (Wildman–Crippen MR) is 130 cm³/mol. The van der Waals surface area contributed by atoms with Crippen LogP contribution in [0.15, 0.2) is 64.1 Å². The van der Waals surface area contributed by atoms with Crippen molar-refractivity contribution in [1.29, 1.82) is 0 Å². The smallest absolute Gasteiger partial charge is 0.317 e. The van der Waals surface area contributed by atoms with E-state index in [2.05, 4.69) is 39.6 Å². The van der Waals surface area contributed by atoms with E-state index in [9.17, 15) is 4.79 Å². The number of fused-ring (bicyclic) bond motifs is 1. The number of rotatable bonds is 7. The molecule has 3 heterocycles. The lowest BCUT2D eigenvalue weighted by Crippen LogP contribution is -2.47. The van der Waals surface area contributed by atoms with Crippen molar-refractivity contribution >= 4 is 12.2 Å². The van der Waals surface area contributed by atoms with Crippen LogP contribution in [0.1, 0.15) is 28.6 Å². The summed E-state index contributed by atoms with van der Waals surface area (Å²) in [6.07, 6.45) is 2.95. The van der Waals surface area contributed by atoms with Crippen molar-refractivity contribution in [2.24, 2.45) is 4.99 Å². The van der Waals surface area contributed by atoms with Crippen molar-refractivity contribution < 1.29 is 14.4 Å². The molecule has 0 saturated carbocycles. The first-order valence-electron chi connectivity index (χ1n) is 11.7. The average molecular weight is 460 g/mol. The molecule has 2 aromatic carbocycles. The summed E-state index contributed by atoms with van der Waals surface area (Å²) in [6, 6.07) is 18.6. The van der Waals surface area contributed by atoms with Gasteiger partial charge in [0.1, 0.15) is 11.9 Å². The number of aliphatic carboxylic acids is 1. The van der Waals surface area contributed by atoms with Crippen LogP contribution in [0.3, 0.4) is 0 Å². The minimum atomic E-state index is -0.776. The zero-order valence-corrected chi connectivity index (χ0v) is 19.1. The molecule has 1 unspecified atom stereocenters. The fourth-order valence-electron chi connectivity index (χ4n) is 4.56. The van der Waals surface area contributed by atoms with Gasteiger partial charge in [0.2, 0.25) is 0 Å². The third-order valence-corrected chi connectivity index (χ3v) is 6.42. The van der Waals surface area contributed by atoms with E-state index in [-0.39, 0.29) is 12.7 Å². The van der Waals surface area contributed by atoms with E-state index in [1.54, 1.807) is 0 Å². The third-order valence-electron chi connectivity index (χ3n) is 6.42. The van der Waals surface area contributed by atoms with E-state index in [4.69, 9.17) is 14.6 Å². The molecule has 0 spiro atoms. The highest BCUT2D eigenvalue weighted by molar-refractivity contribution is 5.81. The number of hydrogen-bond donors (Lipinski definition) is 2. The number of carboxylic acids is 1. The van der Waals surface area contributed by atoms with Gasteiger partial charge in [0, 0.05) is 50.6 Å². The Balaban J connectivity index is 1.17. The normalized spacial score (nSPS) is 19.4. The van der Waals surface area contributed by atoms with Crippen molar-refractivity contribution in [3.8, 4) is 11.3 Å². The summed E-state index contributed by atoms with van der Waals surface area (Å²) >= 11 is 0. The number of nitrogens with one attached hydrogen (secondary N) is 1. The maximum atomic E-state index is 10.9. The Kier molecular flexibility index (Phi) is 6.80. The SMILES string of the molecule is O=C(O)CN1CCN(Cc2cc(-c3ccc(C=NC4NCCc5ccccc54)cc3)no2)CC1. The summed E-state index contributed by atoms with van der Waals surface area (Å²) in [7, 11) is 0. The van der Waals surface area contributed by atoms with Gasteiger partial charge in [-0.1, -0.05) is 53.7 Å². The van der Waals surface area contributed by atoms with Gasteiger partial charge in [-0.05, 0) is 23.1 Å². The maximum absolute atomic E-state index is 10.9. The Bertz CT molecular complexity index is 1150. The Hall–Kier alpha value is -3.33. The number of nitrogens with zero attached hydrogens (tertiary/aromatic N) is 4. The van der Waals surface area contributed by atoms with E-state index >= 15 is 0 Å². The zero-order valence-electron chi connectivity index (χ0n) is 19.1. The van der Waals surface area contributed by atoms with E-state index in [0.29, 0.717) is 6.54 Å². The van der Waals surface area contributed by atoms with Crippen LogP contribution in [0, 0.1) is 0 Å². The van der Waals surface area contributed by atoms with Gasteiger partial charge < -0.3 is 9.63 Å². The molecule has 0 radical (unpaired) electrons. The minimum Gasteiger partial charge on any atom is -0.480 e. The van der Waals surface area contributed by atoms with Gasteiger partial charge >= 0.3 is 5.97 Å². The van der Waals surface area contributed by atoms with Crippen LogP contribution in [-0.4, -0.2) is 71.5 Å². The first-order valence-corrected chi connectivity index (χ1v) is 11.7. The zero-order chi connectivity index (χ0) is 23.3. The Labute approximate surface area is 198 Å². The average Bonchev–Trinajstić information content (AvgIpc) is 3.32. The Morgan fingerprint density at radius 2 is 1.88 bits per heavy atom. The van der Waals surface area contributed by atoms with Gasteiger partial charge in [-0.3, -0.25) is 24.9 Å². The molecule has 3 aromatic rings. The monoisotopic (exact) mass is 459 g/mol. The largest absolute Gasteiger partial charge is 0.480 e. The highest BCUT2D eigenvalue weighted by Crippen LogP contribution is 2.24. The van der Waals surface area contributed by atoms with Crippen LogP contribution >= 0.6 is 0 Å². The number of piperazine rings is 1. The summed E-state index contributed by atoms with van der Waals surface area (Å²) in [4.78, 5) is 19.9. The van der Waals surface area contributed by atoms with E-state index in [0.717, 1.165) is 61.7 Å². The van der Waals surface area contributed by atoms with Crippen molar-refractivity contribution in [3.05, 3.63) is 77.0 Å². The quantitative estimate of drug-likeness (QED) is 0.525. The summed E-state index contributed by atoms with van der Waals surface area (Å²) in [6.45, 7) is 4.84. The molecule has 2 aliphatic rings. The van der Waals surface area contributed by atoms with Gasteiger partial charge in [-0.15, -0.1) is 0 Å². The molecule has 0 amide bonds. The molecule has 8 heteroatoms. The molecular formula is C26H29N5O3. The van der Waals surface area contributed by atoms with Crippen LogP contribution in [0.2, 0.25) is 0 Å². The van der Waals surface area contributed by atoms with Crippen LogP contribution in [0.25, 0.3) is 11.3 Å². The third kappa shape index (κ3) is 5.41. The Morgan fingerprint density at radius 1 is 1.12 bits per heavy atom. The molecule has 5 rings (SSSR count). The highest BCUT2D eigenvalue weighted by atomic mass is 16.5. The summed E-state index contributed by atoms with van der Waals surface area (Å²) in [5.74, 6) is 0.0379. The summed E-state index contributed by atoms with van der Waals surface area (Å²) in [5, 5.41) is 16.7. The molecule has 8 nitrogen and oxygen atoms in total. The van der Waals surface area contributed by atoms with E-state index < -0.39 is 5.97 Å². The first kappa shape index (κ1) is 22.5. The number of benzene rings is 2. The number of aromatic nitrogens is 1. The molecule has 0 bridgehead atoms. The number of hydrogen-bond acceptors (Lipinski definition) is 7. The summed E-state index contributed by atoms with van der Waals surface area (Å²) in [5.41, 5.74) is 5.46. The predicted octanol–water partition coefficient (Wildman–Crippen LogP) is 2.81.